The third-order valence-electron chi connectivity index (χ3n) is 2.45. The Morgan fingerprint density at radius 2 is 2.47 bits per heavy atom. The van der Waals surface area contributed by atoms with Crippen molar-refractivity contribution < 1.29 is 0 Å². The zero-order chi connectivity index (χ0) is 9.80. The van der Waals surface area contributed by atoms with Gasteiger partial charge in [0.25, 0.3) is 0 Å². The van der Waals surface area contributed by atoms with Gasteiger partial charge in [0.2, 0.25) is 0 Å². The molecule has 2 rings (SSSR count). The number of halogens is 2. The molecule has 1 fully saturated rings. The van der Waals surface area contributed by atoms with Gasteiger partial charge in [-0.25, -0.2) is 4.98 Å². The standard InChI is InChI=1S/C10H14BrN3.ClH/c11-10-5-8(1-4-13-10)6-14-9-2-3-12-7-9;/h1,4-5,9,12,14H,2-3,6-7H2;1H/t9-;/m0./s1. The van der Waals surface area contributed by atoms with E-state index in [1.807, 2.05) is 12.3 Å². The lowest BCUT2D eigenvalue weighted by atomic mass is 10.2. The van der Waals surface area contributed by atoms with Crippen LogP contribution in [0.5, 0.6) is 0 Å². The summed E-state index contributed by atoms with van der Waals surface area (Å²) in [6.45, 7) is 3.15. The van der Waals surface area contributed by atoms with E-state index in [1.165, 1.54) is 12.0 Å². The summed E-state index contributed by atoms with van der Waals surface area (Å²) >= 11 is 3.36. The van der Waals surface area contributed by atoms with Crippen molar-refractivity contribution >= 4 is 28.3 Å². The number of nitrogens with zero attached hydrogens (tertiary/aromatic N) is 1. The van der Waals surface area contributed by atoms with Crippen LogP contribution in [0.25, 0.3) is 0 Å². The molecule has 1 aliphatic rings. The van der Waals surface area contributed by atoms with Crippen LogP contribution in [0.2, 0.25) is 0 Å². The smallest absolute Gasteiger partial charge is 0.106 e. The number of hydrogen-bond donors (Lipinski definition) is 2. The lowest BCUT2D eigenvalue weighted by Crippen LogP contribution is -2.30. The summed E-state index contributed by atoms with van der Waals surface area (Å²) in [5.74, 6) is 0. The second-order valence-corrected chi connectivity index (χ2v) is 4.37. The summed E-state index contributed by atoms with van der Waals surface area (Å²) in [6.07, 6.45) is 3.06. The normalized spacial score (nSPS) is 19.9. The van der Waals surface area contributed by atoms with Gasteiger partial charge in [-0.05, 0) is 46.6 Å². The molecule has 0 radical (unpaired) electrons. The summed E-state index contributed by atoms with van der Waals surface area (Å²) in [7, 11) is 0. The SMILES string of the molecule is Brc1cc(CN[C@H]2CCNC2)ccn1.Cl. The molecule has 0 unspecified atom stereocenters. The Bertz CT molecular complexity index is 302. The first-order chi connectivity index (χ1) is 6.84. The van der Waals surface area contributed by atoms with Gasteiger partial charge in [-0.3, -0.25) is 0 Å². The van der Waals surface area contributed by atoms with Crippen molar-refractivity contribution in [3.63, 3.8) is 0 Å². The van der Waals surface area contributed by atoms with Crippen LogP contribution in [0.4, 0.5) is 0 Å². The third kappa shape index (κ3) is 4.07. The summed E-state index contributed by atoms with van der Waals surface area (Å²) in [5, 5.41) is 6.85. The highest BCUT2D eigenvalue weighted by atomic mass is 79.9. The van der Waals surface area contributed by atoms with E-state index in [0.717, 1.165) is 24.2 Å². The maximum atomic E-state index is 4.10. The molecule has 15 heavy (non-hydrogen) atoms. The minimum Gasteiger partial charge on any atom is -0.315 e. The zero-order valence-electron chi connectivity index (χ0n) is 8.37. The fraction of sp³-hybridized carbons (Fsp3) is 0.500. The van der Waals surface area contributed by atoms with E-state index < -0.39 is 0 Å². The van der Waals surface area contributed by atoms with Gasteiger partial charge in [0.05, 0.1) is 0 Å². The predicted octanol–water partition coefficient (Wildman–Crippen LogP) is 1.72. The molecule has 1 atom stereocenters. The molecule has 84 valence electrons. The second kappa shape index (κ2) is 6.43. The van der Waals surface area contributed by atoms with Gasteiger partial charge in [0, 0.05) is 25.3 Å². The highest BCUT2D eigenvalue weighted by Gasteiger charge is 2.12. The Morgan fingerprint density at radius 1 is 1.60 bits per heavy atom. The topological polar surface area (TPSA) is 37.0 Å². The van der Waals surface area contributed by atoms with E-state index in [-0.39, 0.29) is 12.4 Å². The van der Waals surface area contributed by atoms with E-state index in [1.54, 1.807) is 0 Å². The lowest BCUT2D eigenvalue weighted by Gasteiger charge is -2.10. The minimum absolute atomic E-state index is 0. The molecule has 0 aromatic carbocycles. The van der Waals surface area contributed by atoms with Gasteiger partial charge in [-0.2, -0.15) is 0 Å². The molecule has 2 heterocycles. The van der Waals surface area contributed by atoms with E-state index in [4.69, 9.17) is 0 Å². The molecular weight excluding hydrogens is 277 g/mol. The first-order valence-electron chi connectivity index (χ1n) is 4.89. The molecule has 0 spiro atoms. The summed E-state index contributed by atoms with van der Waals surface area (Å²) in [4.78, 5) is 4.10. The predicted molar refractivity (Wildman–Crippen MR) is 67.3 cm³/mol. The molecule has 0 amide bonds. The first kappa shape index (κ1) is 12.9. The first-order valence-corrected chi connectivity index (χ1v) is 5.68. The summed E-state index contributed by atoms with van der Waals surface area (Å²) < 4.78 is 0.904. The quantitative estimate of drug-likeness (QED) is 0.833. The average Bonchev–Trinajstić information content (AvgIpc) is 2.67. The Morgan fingerprint density at radius 3 is 3.13 bits per heavy atom. The molecule has 0 aliphatic carbocycles. The fourth-order valence-corrected chi connectivity index (χ4v) is 2.06. The Labute approximate surface area is 105 Å². The Hall–Kier alpha value is -0.160. The van der Waals surface area contributed by atoms with Crippen LogP contribution < -0.4 is 10.6 Å². The number of hydrogen-bond acceptors (Lipinski definition) is 3. The van der Waals surface area contributed by atoms with E-state index in [9.17, 15) is 0 Å². The molecule has 1 saturated heterocycles. The molecule has 0 saturated carbocycles. The number of aromatic nitrogens is 1. The van der Waals surface area contributed by atoms with Gasteiger partial charge in [-0.15, -0.1) is 12.4 Å². The largest absolute Gasteiger partial charge is 0.315 e. The molecule has 1 aromatic rings. The van der Waals surface area contributed by atoms with Crippen molar-refractivity contribution in [2.75, 3.05) is 13.1 Å². The van der Waals surface area contributed by atoms with Crippen molar-refractivity contribution in [3.05, 3.63) is 28.5 Å². The van der Waals surface area contributed by atoms with E-state index in [0.29, 0.717) is 6.04 Å². The number of pyridine rings is 1. The van der Waals surface area contributed by atoms with Crippen molar-refractivity contribution in [3.8, 4) is 0 Å². The van der Waals surface area contributed by atoms with Gasteiger partial charge in [0.15, 0.2) is 0 Å². The highest BCUT2D eigenvalue weighted by Crippen LogP contribution is 2.08. The maximum Gasteiger partial charge on any atom is 0.106 e. The van der Waals surface area contributed by atoms with Gasteiger partial charge < -0.3 is 10.6 Å². The Balaban J connectivity index is 0.00000112. The molecular formula is C10H15BrClN3. The number of nitrogens with one attached hydrogen (secondary N) is 2. The van der Waals surface area contributed by atoms with Crippen molar-refractivity contribution in [2.45, 2.75) is 19.0 Å². The van der Waals surface area contributed by atoms with Crippen molar-refractivity contribution in [1.29, 1.82) is 0 Å². The van der Waals surface area contributed by atoms with Crippen LogP contribution >= 0.6 is 28.3 Å². The zero-order valence-corrected chi connectivity index (χ0v) is 10.8. The van der Waals surface area contributed by atoms with Crippen LogP contribution in [-0.4, -0.2) is 24.1 Å². The molecule has 3 nitrogen and oxygen atoms in total. The average molecular weight is 293 g/mol. The highest BCUT2D eigenvalue weighted by molar-refractivity contribution is 9.10. The van der Waals surface area contributed by atoms with Crippen LogP contribution in [0.15, 0.2) is 22.9 Å². The Kier molecular flexibility index (Phi) is 5.53. The maximum absolute atomic E-state index is 4.10. The molecule has 1 aromatic heterocycles. The lowest BCUT2D eigenvalue weighted by molar-refractivity contribution is 0.547. The van der Waals surface area contributed by atoms with Crippen molar-refractivity contribution in [2.24, 2.45) is 0 Å². The van der Waals surface area contributed by atoms with Crippen molar-refractivity contribution in [1.82, 2.24) is 15.6 Å². The van der Waals surface area contributed by atoms with Crippen LogP contribution in [0.1, 0.15) is 12.0 Å². The summed E-state index contributed by atoms with van der Waals surface area (Å²) in [6, 6.07) is 4.72. The molecule has 2 N–H and O–H groups in total. The number of rotatable bonds is 3. The molecule has 0 bridgehead atoms. The van der Waals surface area contributed by atoms with Gasteiger partial charge in [0.1, 0.15) is 4.60 Å². The minimum atomic E-state index is 0. The molecule has 5 heteroatoms. The second-order valence-electron chi connectivity index (χ2n) is 3.56. The van der Waals surface area contributed by atoms with Crippen LogP contribution in [-0.2, 0) is 6.54 Å². The van der Waals surface area contributed by atoms with Gasteiger partial charge in [-0.1, -0.05) is 0 Å². The summed E-state index contributed by atoms with van der Waals surface area (Å²) in [5.41, 5.74) is 1.28. The monoisotopic (exact) mass is 291 g/mol. The van der Waals surface area contributed by atoms with E-state index in [2.05, 4.69) is 37.6 Å². The van der Waals surface area contributed by atoms with Crippen LogP contribution in [0, 0.1) is 0 Å². The molecule has 1 aliphatic heterocycles. The third-order valence-corrected chi connectivity index (χ3v) is 2.88. The fourth-order valence-electron chi connectivity index (χ4n) is 1.64. The van der Waals surface area contributed by atoms with Gasteiger partial charge >= 0.3 is 0 Å². The van der Waals surface area contributed by atoms with E-state index >= 15 is 0 Å². The van der Waals surface area contributed by atoms with Crippen LogP contribution in [0.3, 0.4) is 0 Å².